The Morgan fingerprint density at radius 2 is 1.88 bits per heavy atom. The van der Waals surface area contributed by atoms with Crippen LogP contribution in [0.5, 0.6) is 11.5 Å². The van der Waals surface area contributed by atoms with Crippen LogP contribution < -0.4 is 14.8 Å². The largest absolute Gasteiger partial charge is 0.493 e. The number of hydrogen-bond donors (Lipinski definition) is 1. The maximum absolute atomic E-state index is 13.5. The van der Waals surface area contributed by atoms with Crippen LogP contribution in [0.4, 0.5) is 4.39 Å². The number of nitrogens with zero attached hydrogens (tertiary/aromatic N) is 1. The zero-order valence-electron chi connectivity index (χ0n) is 24.1. The van der Waals surface area contributed by atoms with Crippen molar-refractivity contribution in [1.29, 1.82) is 0 Å². The van der Waals surface area contributed by atoms with Gasteiger partial charge < -0.3 is 33.7 Å². The van der Waals surface area contributed by atoms with Crippen LogP contribution in [0.15, 0.2) is 36.5 Å². The first-order valence-corrected chi connectivity index (χ1v) is 13.4. The Hall–Kier alpha value is -4.26. The molecule has 0 radical (unpaired) electrons. The second-order valence-electron chi connectivity index (χ2n) is 9.84. The average molecular weight is 591 g/mol. The van der Waals surface area contributed by atoms with Crippen molar-refractivity contribution in [3.8, 4) is 11.5 Å². The number of methoxy groups -OCH3 is 1. The number of amides is 1. The van der Waals surface area contributed by atoms with Gasteiger partial charge in [-0.1, -0.05) is 26.0 Å². The molecular formula is C29H35FN2O10. The van der Waals surface area contributed by atoms with E-state index in [-0.39, 0.29) is 36.6 Å². The monoisotopic (exact) mass is 590 g/mol. The summed E-state index contributed by atoms with van der Waals surface area (Å²) in [7, 11) is 1.36. The van der Waals surface area contributed by atoms with Crippen LogP contribution >= 0.6 is 0 Å². The number of cyclic esters (lactones) is 1. The molecule has 1 amide bonds. The van der Waals surface area contributed by atoms with Gasteiger partial charge in [0.2, 0.25) is 6.79 Å². The number of ether oxygens (including phenoxy) is 6. The van der Waals surface area contributed by atoms with E-state index in [1.54, 1.807) is 32.9 Å². The normalized spacial score (nSPS) is 20.8. The van der Waals surface area contributed by atoms with Gasteiger partial charge in [0.25, 0.3) is 5.91 Å². The van der Waals surface area contributed by atoms with E-state index < -0.39 is 66.7 Å². The van der Waals surface area contributed by atoms with Gasteiger partial charge in [-0.05, 0) is 24.6 Å². The SMILES string of the molecule is COc1ccnc(C(=O)N[C@H]2CCO[C@H](Cc3ccc(F)cc3)[C@@H](OC(=O)C(C)C)[C@H](C)OC2=O)c1OCOC(C)=O. The van der Waals surface area contributed by atoms with Gasteiger partial charge in [-0.3, -0.25) is 14.4 Å². The number of aromatic nitrogens is 1. The van der Waals surface area contributed by atoms with Gasteiger partial charge in [0.05, 0.1) is 13.0 Å². The minimum atomic E-state index is -1.17. The summed E-state index contributed by atoms with van der Waals surface area (Å²) in [6.45, 7) is 5.59. The molecule has 1 saturated heterocycles. The molecule has 2 aromatic rings. The highest BCUT2D eigenvalue weighted by molar-refractivity contribution is 5.98. The van der Waals surface area contributed by atoms with Gasteiger partial charge in [0.1, 0.15) is 24.1 Å². The summed E-state index contributed by atoms with van der Waals surface area (Å²) in [5.41, 5.74) is 0.501. The van der Waals surface area contributed by atoms with Crippen molar-refractivity contribution in [2.75, 3.05) is 20.5 Å². The van der Waals surface area contributed by atoms with Crippen LogP contribution in [0.1, 0.15) is 50.2 Å². The van der Waals surface area contributed by atoms with Gasteiger partial charge in [-0.25, -0.2) is 14.2 Å². The quantitative estimate of drug-likeness (QED) is 0.247. The molecule has 1 aromatic carbocycles. The first kappa shape index (κ1) is 32.3. The molecule has 1 N–H and O–H groups in total. The van der Waals surface area contributed by atoms with Crippen LogP contribution in [0.3, 0.4) is 0 Å². The van der Waals surface area contributed by atoms with Crippen molar-refractivity contribution in [3.63, 3.8) is 0 Å². The summed E-state index contributed by atoms with van der Waals surface area (Å²) in [5, 5.41) is 2.59. The molecule has 12 nitrogen and oxygen atoms in total. The molecular weight excluding hydrogens is 555 g/mol. The molecule has 0 bridgehead atoms. The molecule has 1 aliphatic heterocycles. The molecule has 0 saturated carbocycles. The molecule has 3 rings (SSSR count). The van der Waals surface area contributed by atoms with Crippen LogP contribution in [-0.4, -0.2) is 73.7 Å². The number of halogens is 1. The van der Waals surface area contributed by atoms with E-state index in [1.807, 2.05) is 0 Å². The third kappa shape index (κ3) is 8.87. The van der Waals surface area contributed by atoms with E-state index in [0.29, 0.717) is 0 Å². The third-order valence-electron chi connectivity index (χ3n) is 6.30. The predicted octanol–water partition coefficient (Wildman–Crippen LogP) is 2.76. The molecule has 1 aliphatic rings. The number of rotatable bonds is 10. The fraction of sp³-hybridized carbons (Fsp3) is 0.483. The van der Waals surface area contributed by atoms with Crippen LogP contribution in [0, 0.1) is 11.7 Å². The molecule has 4 atom stereocenters. The van der Waals surface area contributed by atoms with E-state index in [2.05, 4.69) is 10.3 Å². The second-order valence-corrected chi connectivity index (χ2v) is 9.84. The van der Waals surface area contributed by atoms with Gasteiger partial charge in [0, 0.05) is 38.6 Å². The molecule has 2 heterocycles. The Labute approximate surface area is 242 Å². The van der Waals surface area contributed by atoms with Crippen molar-refractivity contribution in [2.45, 2.75) is 64.9 Å². The Morgan fingerprint density at radius 1 is 1.17 bits per heavy atom. The maximum Gasteiger partial charge on any atom is 0.329 e. The summed E-state index contributed by atoms with van der Waals surface area (Å²) in [6.07, 6.45) is -1.11. The Balaban J connectivity index is 1.82. The molecule has 13 heteroatoms. The third-order valence-corrected chi connectivity index (χ3v) is 6.30. The van der Waals surface area contributed by atoms with Crippen molar-refractivity contribution in [2.24, 2.45) is 5.92 Å². The topological polar surface area (TPSA) is 149 Å². The highest BCUT2D eigenvalue weighted by Gasteiger charge is 2.38. The zero-order chi connectivity index (χ0) is 30.8. The lowest BCUT2D eigenvalue weighted by atomic mass is 10.00. The molecule has 228 valence electrons. The highest BCUT2D eigenvalue weighted by Crippen LogP contribution is 2.30. The van der Waals surface area contributed by atoms with Crippen LogP contribution in [0.25, 0.3) is 0 Å². The average Bonchev–Trinajstić information content (AvgIpc) is 2.99. The lowest BCUT2D eigenvalue weighted by Gasteiger charge is -2.31. The molecule has 0 aliphatic carbocycles. The molecule has 42 heavy (non-hydrogen) atoms. The minimum Gasteiger partial charge on any atom is -0.493 e. The number of carbonyl (C=O) groups is 4. The Kier molecular flexibility index (Phi) is 11.6. The van der Waals surface area contributed by atoms with Crippen molar-refractivity contribution < 1.29 is 52.0 Å². The van der Waals surface area contributed by atoms with Crippen molar-refractivity contribution >= 4 is 23.8 Å². The number of carbonyl (C=O) groups excluding carboxylic acids is 4. The van der Waals surface area contributed by atoms with E-state index in [4.69, 9.17) is 28.4 Å². The predicted molar refractivity (Wildman–Crippen MR) is 144 cm³/mol. The number of nitrogens with one attached hydrogen (secondary N) is 1. The first-order valence-electron chi connectivity index (χ1n) is 13.4. The highest BCUT2D eigenvalue weighted by atomic mass is 19.1. The van der Waals surface area contributed by atoms with E-state index >= 15 is 0 Å². The fourth-order valence-electron chi connectivity index (χ4n) is 4.08. The van der Waals surface area contributed by atoms with E-state index in [1.165, 1.54) is 38.4 Å². The summed E-state index contributed by atoms with van der Waals surface area (Å²) in [4.78, 5) is 54.2. The van der Waals surface area contributed by atoms with Gasteiger partial charge in [-0.15, -0.1) is 0 Å². The van der Waals surface area contributed by atoms with Gasteiger partial charge in [-0.2, -0.15) is 0 Å². The Bertz CT molecular complexity index is 1250. The summed E-state index contributed by atoms with van der Waals surface area (Å²) in [5.74, 6) is -3.47. The molecule has 1 aromatic heterocycles. The Morgan fingerprint density at radius 3 is 2.52 bits per heavy atom. The van der Waals surface area contributed by atoms with Crippen molar-refractivity contribution in [3.05, 3.63) is 53.6 Å². The van der Waals surface area contributed by atoms with Crippen LogP contribution in [-0.2, 0) is 39.8 Å². The molecule has 0 spiro atoms. The summed E-state index contributed by atoms with van der Waals surface area (Å²) < 4.78 is 46.4. The smallest absolute Gasteiger partial charge is 0.329 e. The second kappa shape index (κ2) is 15.1. The molecule has 1 fully saturated rings. The van der Waals surface area contributed by atoms with Crippen LogP contribution in [0.2, 0.25) is 0 Å². The number of benzene rings is 1. The number of esters is 3. The van der Waals surface area contributed by atoms with Gasteiger partial charge in [0.15, 0.2) is 23.3 Å². The minimum absolute atomic E-state index is 0.00959. The van der Waals surface area contributed by atoms with E-state index in [0.717, 1.165) is 5.56 Å². The summed E-state index contributed by atoms with van der Waals surface area (Å²) in [6, 6.07) is 6.09. The zero-order valence-corrected chi connectivity index (χ0v) is 24.1. The fourth-order valence-corrected chi connectivity index (χ4v) is 4.08. The lowest BCUT2D eigenvalue weighted by Crippen LogP contribution is -2.46. The number of pyridine rings is 1. The van der Waals surface area contributed by atoms with Crippen molar-refractivity contribution in [1.82, 2.24) is 10.3 Å². The summed E-state index contributed by atoms with van der Waals surface area (Å²) >= 11 is 0. The first-order chi connectivity index (χ1) is 20.0. The lowest BCUT2D eigenvalue weighted by molar-refractivity contribution is -0.179. The van der Waals surface area contributed by atoms with Gasteiger partial charge >= 0.3 is 17.9 Å². The van der Waals surface area contributed by atoms with E-state index in [9.17, 15) is 23.6 Å². The molecule has 0 unspecified atom stereocenters. The maximum atomic E-state index is 13.5. The number of hydrogen-bond acceptors (Lipinski definition) is 11. The standard InChI is InChI=1S/C29H35FN2O10/c1-16(2)28(35)42-25-17(3)41-29(36)21(11-13-38-23(25)14-19-6-8-20(30)9-7-19)32-27(34)24-26(40-15-39-18(4)33)22(37-5)10-12-31-24/h6-10,12,16-17,21,23,25H,11,13-15H2,1-5H3,(H,32,34)/t17-,21-,23+,25-/m0/s1.